The molecule has 0 aromatic carbocycles. The quantitative estimate of drug-likeness (QED) is 0.276. The van der Waals surface area contributed by atoms with E-state index in [1.165, 1.54) is 81.6 Å². The summed E-state index contributed by atoms with van der Waals surface area (Å²) in [5, 5.41) is 1.20. The first-order valence-electron chi connectivity index (χ1n) is 9.79. The van der Waals surface area contributed by atoms with Gasteiger partial charge < -0.3 is 4.42 Å². The maximum Gasteiger partial charge on any atom is 0.123 e. The highest BCUT2D eigenvalue weighted by molar-refractivity contribution is 6.87. The lowest BCUT2D eigenvalue weighted by molar-refractivity contribution is 0.558. The van der Waals surface area contributed by atoms with E-state index in [1.807, 2.05) is 6.26 Å². The third-order valence-corrected chi connectivity index (χ3v) is 6.13. The Morgan fingerprint density at radius 1 is 0.870 bits per heavy atom. The molecule has 132 valence electrons. The molecule has 0 saturated heterocycles. The Labute approximate surface area is 145 Å². The molecule has 0 atom stereocenters. The van der Waals surface area contributed by atoms with Crippen molar-refractivity contribution in [2.45, 2.75) is 97.2 Å². The van der Waals surface area contributed by atoms with E-state index in [1.54, 1.807) is 0 Å². The standard InChI is InChI=1S/C21H38OSi/c1-5-6-7-8-9-10-11-12-13-14-15-16-17-20-18-21(22-19-20)23(2,3)4/h16-19H,5-15H2,1-4H3. The molecule has 1 nitrogen and oxygen atoms in total. The van der Waals surface area contributed by atoms with Crippen LogP contribution in [0.15, 0.2) is 22.8 Å². The van der Waals surface area contributed by atoms with Crippen molar-refractivity contribution in [3.8, 4) is 0 Å². The third kappa shape index (κ3) is 9.86. The molecular formula is C21H38OSi. The van der Waals surface area contributed by atoms with Gasteiger partial charge in [0.2, 0.25) is 0 Å². The summed E-state index contributed by atoms with van der Waals surface area (Å²) in [6.07, 6.45) is 21.7. The molecule has 1 aromatic rings. The zero-order valence-corrected chi connectivity index (χ0v) is 17.0. The number of furan rings is 1. The Hall–Kier alpha value is -0.763. The fourth-order valence-corrected chi connectivity index (χ4v) is 3.81. The van der Waals surface area contributed by atoms with Crippen molar-refractivity contribution in [1.29, 1.82) is 0 Å². The molecule has 0 N–H and O–H groups in total. The summed E-state index contributed by atoms with van der Waals surface area (Å²) < 4.78 is 5.70. The Balaban J connectivity index is 1.99. The first-order valence-corrected chi connectivity index (χ1v) is 13.3. The Bertz CT molecular complexity index is 425. The molecule has 0 aliphatic rings. The maximum absolute atomic E-state index is 5.70. The molecule has 0 unspecified atom stereocenters. The van der Waals surface area contributed by atoms with Crippen molar-refractivity contribution < 1.29 is 4.42 Å². The van der Waals surface area contributed by atoms with Crippen LogP contribution in [0.3, 0.4) is 0 Å². The monoisotopic (exact) mass is 334 g/mol. The molecule has 23 heavy (non-hydrogen) atoms. The summed E-state index contributed by atoms with van der Waals surface area (Å²) in [5.74, 6) is 0. The minimum Gasteiger partial charge on any atom is -0.474 e. The lowest BCUT2D eigenvalue weighted by Crippen LogP contribution is -2.36. The van der Waals surface area contributed by atoms with Crippen LogP contribution in [0.5, 0.6) is 0 Å². The van der Waals surface area contributed by atoms with Gasteiger partial charge in [0, 0.05) is 5.56 Å². The molecule has 2 heteroatoms. The van der Waals surface area contributed by atoms with Crippen molar-refractivity contribution >= 4 is 19.5 Å². The number of hydrogen-bond donors (Lipinski definition) is 0. The topological polar surface area (TPSA) is 13.1 Å². The van der Waals surface area contributed by atoms with Crippen molar-refractivity contribution in [2.24, 2.45) is 0 Å². The van der Waals surface area contributed by atoms with Gasteiger partial charge in [0.25, 0.3) is 0 Å². The largest absolute Gasteiger partial charge is 0.474 e. The van der Waals surface area contributed by atoms with Gasteiger partial charge in [0.05, 0.1) is 11.6 Å². The van der Waals surface area contributed by atoms with Gasteiger partial charge in [0.15, 0.2) is 0 Å². The van der Waals surface area contributed by atoms with Crippen molar-refractivity contribution in [3.63, 3.8) is 0 Å². The van der Waals surface area contributed by atoms with Gasteiger partial charge in [-0.05, 0) is 18.9 Å². The number of rotatable bonds is 13. The van der Waals surface area contributed by atoms with Gasteiger partial charge in [-0.25, -0.2) is 0 Å². The van der Waals surface area contributed by atoms with Gasteiger partial charge >= 0.3 is 0 Å². The van der Waals surface area contributed by atoms with Crippen molar-refractivity contribution in [3.05, 3.63) is 24.0 Å². The highest BCUT2D eigenvalue weighted by Gasteiger charge is 2.20. The molecule has 0 radical (unpaired) electrons. The molecule has 1 aromatic heterocycles. The molecule has 0 saturated carbocycles. The Morgan fingerprint density at radius 3 is 1.96 bits per heavy atom. The van der Waals surface area contributed by atoms with Crippen LogP contribution in [-0.4, -0.2) is 8.07 Å². The maximum atomic E-state index is 5.70. The number of unbranched alkanes of at least 4 members (excludes halogenated alkanes) is 10. The molecule has 0 aliphatic heterocycles. The highest BCUT2D eigenvalue weighted by atomic mass is 28.3. The van der Waals surface area contributed by atoms with Gasteiger partial charge in [-0.2, -0.15) is 0 Å². The van der Waals surface area contributed by atoms with E-state index in [0.717, 1.165) is 0 Å². The normalized spacial score (nSPS) is 12.3. The third-order valence-electron chi connectivity index (χ3n) is 4.39. The molecule has 0 bridgehead atoms. The van der Waals surface area contributed by atoms with E-state index < -0.39 is 8.07 Å². The van der Waals surface area contributed by atoms with Crippen LogP contribution < -0.4 is 5.38 Å². The lowest BCUT2D eigenvalue weighted by Gasteiger charge is -2.10. The number of allylic oxidation sites excluding steroid dienone is 1. The predicted molar refractivity (Wildman–Crippen MR) is 107 cm³/mol. The number of hydrogen-bond acceptors (Lipinski definition) is 1. The highest BCUT2D eigenvalue weighted by Crippen LogP contribution is 2.12. The molecule has 0 aliphatic carbocycles. The predicted octanol–water partition coefficient (Wildman–Crippen LogP) is 7.15. The Kier molecular flexibility index (Phi) is 10.3. The van der Waals surface area contributed by atoms with Crippen LogP contribution in [0.2, 0.25) is 19.6 Å². The minimum absolute atomic E-state index is 1.20. The minimum atomic E-state index is -1.30. The fraction of sp³-hybridized carbons (Fsp3) is 0.714. The average Bonchev–Trinajstić information content (AvgIpc) is 2.97. The van der Waals surface area contributed by atoms with Gasteiger partial charge in [0.1, 0.15) is 8.07 Å². The van der Waals surface area contributed by atoms with Crippen molar-refractivity contribution in [2.75, 3.05) is 0 Å². The van der Waals surface area contributed by atoms with E-state index in [2.05, 4.69) is 44.8 Å². The summed E-state index contributed by atoms with van der Waals surface area (Å²) in [7, 11) is -1.30. The van der Waals surface area contributed by atoms with E-state index in [-0.39, 0.29) is 0 Å². The summed E-state index contributed by atoms with van der Waals surface area (Å²) in [4.78, 5) is 0. The van der Waals surface area contributed by atoms with Crippen LogP contribution in [0.4, 0.5) is 0 Å². The second-order valence-electron chi connectivity index (χ2n) is 7.87. The van der Waals surface area contributed by atoms with Crippen LogP contribution in [0.1, 0.15) is 83.1 Å². The van der Waals surface area contributed by atoms with Crippen molar-refractivity contribution in [1.82, 2.24) is 0 Å². The van der Waals surface area contributed by atoms with E-state index in [4.69, 9.17) is 4.42 Å². The van der Waals surface area contributed by atoms with E-state index in [0.29, 0.717) is 0 Å². The van der Waals surface area contributed by atoms with Gasteiger partial charge in [-0.3, -0.25) is 0 Å². The first-order chi connectivity index (χ1) is 11.0. The van der Waals surface area contributed by atoms with Gasteiger partial charge in [-0.1, -0.05) is 96.5 Å². The molecule has 0 fully saturated rings. The van der Waals surface area contributed by atoms with Gasteiger partial charge in [-0.15, -0.1) is 0 Å². The second kappa shape index (κ2) is 11.7. The lowest BCUT2D eigenvalue weighted by atomic mass is 10.1. The molecular weight excluding hydrogens is 296 g/mol. The summed E-state index contributed by atoms with van der Waals surface area (Å²) in [6.45, 7) is 9.25. The zero-order valence-electron chi connectivity index (χ0n) is 16.0. The smallest absolute Gasteiger partial charge is 0.123 e. The SMILES string of the molecule is CCCCCCCCCCCCC=Cc1coc([Si](C)(C)C)c1. The van der Waals surface area contributed by atoms with E-state index >= 15 is 0 Å². The Morgan fingerprint density at radius 2 is 1.43 bits per heavy atom. The summed E-state index contributed by atoms with van der Waals surface area (Å²) >= 11 is 0. The first kappa shape index (κ1) is 20.3. The van der Waals surface area contributed by atoms with Crippen LogP contribution in [0.25, 0.3) is 6.08 Å². The average molecular weight is 335 g/mol. The summed E-state index contributed by atoms with van der Waals surface area (Å²) in [6, 6.07) is 2.22. The second-order valence-corrected chi connectivity index (χ2v) is 12.9. The zero-order chi connectivity index (χ0) is 17.0. The molecule has 0 spiro atoms. The summed E-state index contributed by atoms with van der Waals surface area (Å²) in [5.41, 5.74) is 1.23. The van der Waals surface area contributed by atoms with Crippen LogP contribution >= 0.6 is 0 Å². The fourth-order valence-electron chi connectivity index (χ4n) is 2.80. The molecule has 1 rings (SSSR count). The molecule has 0 amide bonds. The van der Waals surface area contributed by atoms with Crippen LogP contribution in [0, 0.1) is 0 Å². The van der Waals surface area contributed by atoms with Crippen LogP contribution in [-0.2, 0) is 0 Å². The van der Waals surface area contributed by atoms with E-state index in [9.17, 15) is 0 Å². The molecule has 1 heterocycles.